The van der Waals surface area contributed by atoms with Gasteiger partial charge in [-0.1, -0.05) is 65.8 Å². The van der Waals surface area contributed by atoms with Gasteiger partial charge in [-0.3, -0.25) is 9.59 Å². The van der Waals surface area contributed by atoms with Gasteiger partial charge in [0.05, 0.1) is 6.04 Å². The van der Waals surface area contributed by atoms with Crippen LogP contribution in [0, 0.1) is 0 Å². The summed E-state index contributed by atoms with van der Waals surface area (Å²) < 4.78 is 5.15. The average molecular weight is 460 g/mol. The van der Waals surface area contributed by atoms with Crippen LogP contribution in [-0.4, -0.2) is 57.4 Å². The van der Waals surface area contributed by atoms with Gasteiger partial charge in [0.15, 0.2) is 0 Å². The molecule has 5 rings (SSSR count). The van der Waals surface area contributed by atoms with Gasteiger partial charge in [-0.2, -0.15) is 4.98 Å². The lowest BCUT2D eigenvalue weighted by molar-refractivity contribution is -0.134. The Kier molecular flexibility index (Phi) is 6.15. The van der Waals surface area contributed by atoms with Gasteiger partial charge in [0, 0.05) is 31.5 Å². The van der Waals surface area contributed by atoms with Crippen molar-refractivity contribution in [2.24, 2.45) is 5.73 Å². The smallest absolute Gasteiger partial charge is 0.295 e. The highest BCUT2D eigenvalue weighted by atomic mass is 16.5. The molecule has 0 radical (unpaired) electrons. The molecule has 2 amide bonds. The molecule has 1 aromatic heterocycles. The number of carbonyl (C=O) groups is 2. The number of rotatable bonds is 5. The van der Waals surface area contributed by atoms with Crippen LogP contribution in [0.2, 0.25) is 0 Å². The molecule has 0 bridgehead atoms. The van der Waals surface area contributed by atoms with E-state index in [0.717, 1.165) is 12.0 Å². The fourth-order valence-corrected chi connectivity index (χ4v) is 5.07. The van der Waals surface area contributed by atoms with Gasteiger partial charge in [-0.05, 0) is 30.9 Å². The van der Waals surface area contributed by atoms with Gasteiger partial charge in [-0.15, -0.1) is 0 Å². The fraction of sp³-hybridized carbons (Fsp3) is 0.385. The molecule has 0 aliphatic carbocycles. The third-order valence-electron chi connectivity index (χ3n) is 6.91. The van der Waals surface area contributed by atoms with Crippen molar-refractivity contribution in [2.75, 3.05) is 19.6 Å². The number of nitrogens with two attached hydrogens (primary N) is 1. The van der Waals surface area contributed by atoms with Crippen molar-refractivity contribution in [3.05, 3.63) is 83.5 Å². The maximum atomic E-state index is 13.7. The minimum atomic E-state index is -0.565. The van der Waals surface area contributed by atoms with E-state index in [4.69, 9.17) is 10.3 Å². The number of aromatic nitrogens is 2. The molecule has 2 fully saturated rings. The van der Waals surface area contributed by atoms with Crippen LogP contribution < -0.4 is 5.73 Å². The first-order valence-corrected chi connectivity index (χ1v) is 11.8. The Bertz CT molecular complexity index is 1150. The predicted molar refractivity (Wildman–Crippen MR) is 126 cm³/mol. The van der Waals surface area contributed by atoms with Gasteiger partial charge in [-0.25, -0.2) is 0 Å². The minimum absolute atomic E-state index is 0.0128. The molecule has 8 nitrogen and oxygen atoms in total. The van der Waals surface area contributed by atoms with Crippen LogP contribution in [0.1, 0.15) is 65.3 Å². The zero-order valence-corrected chi connectivity index (χ0v) is 19.2. The van der Waals surface area contributed by atoms with Crippen LogP contribution in [0.25, 0.3) is 0 Å². The zero-order chi connectivity index (χ0) is 23.7. The highest BCUT2D eigenvalue weighted by molar-refractivity contribution is 5.95. The Morgan fingerprint density at radius 3 is 2.26 bits per heavy atom. The highest BCUT2D eigenvalue weighted by Crippen LogP contribution is 2.35. The van der Waals surface area contributed by atoms with Gasteiger partial charge in [0.2, 0.25) is 11.8 Å². The van der Waals surface area contributed by atoms with E-state index in [0.29, 0.717) is 32.0 Å². The number of benzene rings is 2. The quantitative estimate of drug-likeness (QED) is 0.629. The number of nitrogens with zero attached hydrogens (tertiary/aromatic N) is 4. The van der Waals surface area contributed by atoms with Crippen LogP contribution in [-0.2, 0) is 4.79 Å². The summed E-state index contributed by atoms with van der Waals surface area (Å²) in [5.41, 5.74) is 8.18. The van der Waals surface area contributed by atoms with Gasteiger partial charge < -0.3 is 20.1 Å². The largest absolute Gasteiger partial charge is 0.340 e. The lowest BCUT2D eigenvalue weighted by atomic mass is 9.96. The molecule has 2 aromatic carbocycles. The Balaban J connectivity index is 1.38. The topological polar surface area (TPSA) is 106 Å². The van der Waals surface area contributed by atoms with Crippen LogP contribution in [0.5, 0.6) is 0 Å². The molecule has 3 aromatic rings. The van der Waals surface area contributed by atoms with Crippen LogP contribution >= 0.6 is 0 Å². The second-order valence-corrected chi connectivity index (χ2v) is 9.24. The Morgan fingerprint density at radius 2 is 1.65 bits per heavy atom. The number of carbonyl (C=O) groups excluding carboxylic acids is 2. The first kappa shape index (κ1) is 22.3. The third-order valence-corrected chi connectivity index (χ3v) is 6.91. The first-order valence-electron chi connectivity index (χ1n) is 11.8. The molecule has 176 valence electrons. The van der Waals surface area contributed by atoms with Crippen molar-refractivity contribution in [3.63, 3.8) is 0 Å². The van der Waals surface area contributed by atoms with Gasteiger partial charge >= 0.3 is 0 Å². The number of amides is 2. The second kappa shape index (κ2) is 9.38. The molecule has 2 aliphatic heterocycles. The molecule has 0 unspecified atom stereocenters. The maximum absolute atomic E-state index is 13.7. The zero-order valence-electron chi connectivity index (χ0n) is 19.2. The molecule has 4 atom stereocenters. The number of likely N-dealkylation sites (tertiary alicyclic amines) is 2. The van der Waals surface area contributed by atoms with Crippen LogP contribution in [0.4, 0.5) is 0 Å². The van der Waals surface area contributed by atoms with E-state index in [1.165, 1.54) is 5.56 Å². The molecule has 0 saturated carbocycles. The van der Waals surface area contributed by atoms with E-state index in [1.54, 1.807) is 11.8 Å². The third kappa shape index (κ3) is 4.33. The second-order valence-electron chi connectivity index (χ2n) is 9.24. The molecule has 0 spiro atoms. The van der Waals surface area contributed by atoms with Gasteiger partial charge in [0.25, 0.3) is 11.7 Å². The molecule has 2 saturated heterocycles. The van der Waals surface area contributed by atoms with E-state index >= 15 is 0 Å². The summed E-state index contributed by atoms with van der Waals surface area (Å²) in [5.74, 6) is 0.114. The Morgan fingerprint density at radius 1 is 1.00 bits per heavy atom. The fourth-order valence-electron chi connectivity index (χ4n) is 5.07. The lowest BCUT2D eigenvalue weighted by Gasteiger charge is -2.27. The van der Waals surface area contributed by atoms with Crippen molar-refractivity contribution >= 4 is 11.8 Å². The van der Waals surface area contributed by atoms with Crippen LogP contribution in [0.15, 0.2) is 65.2 Å². The van der Waals surface area contributed by atoms with Crippen LogP contribution in [0.3, 0.4) is 0 Å². The normalized spacial score (nSPS) is 23.3. The van der Waals surface area contributed by atoms with Crippen molar-refractivity contribution in [1.82, 2.24) is 19.9 Å². The molecule has 34 heavy (non-hydrogen) atoms. The predicted octanol–water partition coefficient (Wildman–Crippen LogP) is 3.10. The van der Waals surface area contributed by atoms with E-state index in [-0.39, 0.29) is 23.5 Å². The Labute approximate surface area is 198 Å². The Hall–Kier alpha value is -3.52. The average Bonchev–Trinajstić information content (AvgIpc) is 3.64. The lowest BCUT2D eigenvalue weighted by Crippen LogP contribution is -2.47. The summed E-state index contributed by atoms with van der Waals surface area (Å²) in [6, 6.07) is 19.3. The van der Waals surface area contributed by atoms with Crippen molar-refractivity contribution in [1.29, 1.82) is 0 Å². The molecule has 8 heteroatoms. The van der Waals surface area contributed by atoms with Crippen molar-refractivity contribution < 1.29 is 14.1 Å². The summed E-state index contributed by atoms with van der Waals surface area (Å²) in [6.07, 6.45) is 1.49. The van der Waals surface area contributed by atoms with E-state index in [2.05, 4.69) is 22.3 Å². The summed E-state index contributed by atoms with van der Waals surface area (Å²) in [4.78, 5) is 34.8. The van der Waals surface area contributed by atoms with E-state index in [9.17, 15) is 9.59 Å². The van der Waals surface area contributed by atoms with E-state index < -0.39 is 18.0 Å². The van der Waals surface area contributed by atoms with Gasteiger partial charge in [0.1, 0.15) is 6.04 Å². The summed E-state index contributed by atoms with van der Waals surface area (Å²) >= 11 is 0. The summed E-state index contributed by atoms with van der Waals surface area (Å²) in [7, 11) is 0. The monoisotopic (exact) mass is 459 g/mol. The standard InChI is InChI=1S/C26H29N5O3/c1-17(27)24-28-23(29-34-24)26(33)31-16-21(19-10-6-3-7-11-19)14-22(31)25(32)30-13-12-20(15-30)18-8-4-2-5-9-18/h2-11,17,20-22H,12-16,27H2,1H3/t17-,20-,21-,22-/m0/s1. The minimum Gasteiger partial charge on any atom is -0.340 e. The van der Waals surface area contributed by atoms with Crippen molar-refractivity contribution in [3.8, 4) is 0 Å². The highest BCUT2D eigenvalue weighted by Gasteiger charge is 2.44. The molecular weight excluding hydrogens is 430 g/mol. The summed E-state index contributed by atoms with van der Waals surface area (Å²) in [5, 5.41) is 3.84. The maximum Gasteiger partial charge on any atom is 0.295 e. The molecule has 2 aliphatic rings. The molecule has 3 heterocycles. The first-order chi connectivity index (χ1) is 16.5. The molecule has 2 N–H and O–H groups in total. The SMILES string of the molecule is C[C@H](N)c1nc(C(=O)N2C[C@@H](c3ccccc3)C[C@H]2C(=O)N2CC[C@H](c3ccccc3)C2)no1. The summed E-state index contributed by atoms with van der Waals surface area (Å²) in [6.45, 7) is 3.49. The number of hydrogen-bond acceptors (Lipinski definition) is 6. The van der Waals surface area contributed by atoms with Crippen molar-refractivity contribution in [2.45, 2.75) is 43.7 Å². The number of hydrogen-bond donors (Lipinski definition) is 1. The van der Waals surface area contributed by atoms with E-state index in [1.807, 2.05) is 53.4 Å². The molecular formula is C26H29N5O3.